The third-order valence-electron chi connectivity index (χ3n) is 4.20. The van der Waals surface area contributed by atoms with Gasteiger partial charge in [-0.2, -0.15) is 0 Å². The highest BCUT2D eigenvalue weighted by atomic mass is 35.5. The van der Waals surface area contributed by atoms with E-state index in [1.807, 2.05) is 0 Å². The van der Waals surface area contributed by atoms with Gasteiger partial charge >= 0.3 is 0 Å². The highest BCUT2D eigenvalue weighted by Gasteiger charge is 2.25. The number of benzene rings is 3. The summed E-state index contributed by atoms with van der Waals surface area (Å²) in [5, 5.41) is 0.288. The van der Waals surface area contributed by atoms with E-state index in [1.165, 1.54) is 30.2 Å². The number of amides is 2. The minimum Gasteiger partial charge on any atom is -0.497 e. The van der Waals surface area contributed by atoms with E-state index in [0.29, 0.717) is 22.0 Å². The molecule has 0 aliphatic rings. The van der Waals surface area contributed by atoms with Crippen molar-refractivity contribution < 1.29 is 18.8 Å². The van der Waals surface area contributed by atoms with Crippen molar-refractivity contribution in [2.45, 2.75) is 0 Å². The Balaban J connectivity index is 1.87. The quantitative estimate of drug-likeness (QED) is 0.540. The van der Waals surface area contributed by atoms with Crippen LogP contribution in [0.25, 0.3) is 0 Å². The summed E-state index contributed by atoms with van der Waals surface area (Å²) in [6.45, 7) is -0.488. The number of nitrogens with zero attached hydrogens (tertiary/aromatic N) is 2. The number of rotatable bonds is 6. The van der Waals surface area contributed by atoms with E-state index in [2.05, 4.69) is 0 Å². The van der Waals surface area contributed by atoms with Crippen LogP contribution in [0.5, 0.6) is 5.75 Å². The molecule has 0 bridgehead atoms. The lowest BCUT2D eigenvalue weighted by atomic mass is 10.1. The average molecular weight is 413 g/mol. The van der Waals surface area contributed by atoms with Crippen LogP contribution in [0.2, 0.25) is 5.02 Å². The zero-order valence-electron chi connectivity index (χ0n) is 15.6. The summed E-state index contributed by atoms with van der Waals surface area (Å²) in [5.41, 5.74) is 0.809. The Hall–Kier alpha value is -3.38. The molecule has 0 heterocycles. The number of hydrogen-bond acceptors (Lipinski definition) is 3. The second kappa shape index (κ2) is 9.21. The van der Waals surface area contributed by atoms with Gasteiger partial charge in [0.25, 0.3) is 11.8 Å². The molecule has 29 heavy (non-hydrogen) atoms. The Morgan fingerprint density at radius 2 is 1.59 bits per heavy atom. The van der Waals surface area contributed by atoms with E-state index in [9.17, 15) is 14.1 Å². The maximum Gasteiger partial charge on any atom is 0.275 e. The van der Waals surface area contributed by atoms with Crippen molar-refractivity contribution in [2.75, 3.05) is 23.7 Å². The molecule has 0 fully saturated rings. The van der Waals surface area contributed by atoms with Crippen molar-refractivity contribution in [3.05, 3.63) is 89.4 Å². The number of para-hydroxylation sites is 1. The fourth-order valence-corrected chi connectivity index (χ4v) is 2.90. The van der Waals surface area contributed by atoms with Crippen LogP contribution >= 0.6 is 11.6 Å². The van der Waals surface area contributed by atoms with E-state index >= 15 is 0 Å². The van der Waals surface area contributed by atoms with Crippen LogP contribution in [0.15, 0.2) is 78.9 Å². The second-order valence-electron chi connectivity index (χ2n) is 6.11. The van der Waals surface area contributed by atoms with Crippen LogP contribution in [0.3, 0.4) is 0 Å². The molecule has 0 atom stereocenters. The Bertz CT molecular complexity index is 996. The van der Waals surface area contributed by atoms with Crippen LogP contribution < -0.4 is 14.8 Å². The van der Waals surface area contributed by atoms with Crippen molar-refractivity contribution >= 4 is 34.8 Å². The molecular weight excluding hydrogens is 395 g/mol. The third-order valence-corrected chi connectivity index (χ3v) is 4.43. The monoisotopic (exact) mass is 412 g/mol. The van der Waals surface area contributed by atoms with Crippen LogP contribution in [0, 0.1) is 0 Å². The summed E-state index contributed by atoms with van der Waals surface area (Å²) < 4.78 is 19.7. The van der Waals surface area contributed by atoms with Crippen LogP contribution in [0.1, 0.15) is 10.4 Å². The summed E-state index contributed by atoms with van der Waals surface area (Å²) in [7, 11) is 1.53. The first-order chi connectivity index (χ1) is 14.0. The van der Waals surface area contributed by atoms with E-state index in [4.69, 9.17) is 16.3 Å². The lowest BCUT2D eigenvalue weighted by Crippen LogP contribution is -2.40. The maximum atomic E-state index is 14.6. The Labute approximate surface area is 172 Å². The van der Waals surface area contributed by atoms with Gasteiger partial charge in [-0.25, -0.2) is 0 Å². The molecule has 0 saturated carbocycles. The summed E-state index contributed by atoms with van der Waals surface area (Å²) in [4.78, 5) is 26.9. The van der Waals surface area contributed by atoms with E-state index in [0.717, 1.165) is 0 Å². The van der Waals surface area contributed by atoms with Gasteiger partial charge in [-0.3, -0.25) is 14.5 Å². The van der Waals surface area contributed by atoms with Gasteiger partial charge in [-0.15, -0.1) is 5.12 Å². The molecule has 3 rings (SSSR count). The Morgan fingerprint density at radius 1 is 0.931 bits per heavy atom. The van der Waals surface area contributed by atoms with Gasteiger partial charge in [0, 0.05) is 16.3 Å². The fourth-order valence-electron chi connectivity index (χ4n) is 2.72. The smallest absolute Gasteiger partial charge is 0.275 e. The van der Waals surface area contributed by atoms with Crippen LogP contribution in [-0.4, -0.2) is 25.5 Å². The average Bonchev–Trinajstić information content (AvgIpc) is 2.77. The second-order valence-corrected chi connectivity index (χ2v) is 6.55. The lowest BCUT2D eigenvalue weighted by Gasteiger charge is -2.24. The minimum atomic E-state index is -0.905. The molecule has 0 unspecified atom stereocenters. The highest BCUT2D eigenvalue weighted by Crippen LogP contribution is 2.23. The van der Waals surface area contributed by atoms with Crippen molar-refractivity contribution in [2.24, 2.45) is 0 Å². The summed E-state index contributed by atoms with van der Waals surface area (Å²) >= 11 is 5.87. The number of ether oxygens (including phenoxy) is 1. The summed E-state index contributed by atoms with van der Waals surface area (Å²) in [5.74, 6) is -0.746. The molecular formula is C22H18ClFN2O3. The van der Waals surface area contributed by atoms with Crippen molar-refractivity contribution in [1.29, 1.82) is 0 Å². The van der Waals surface area contributed by atoms with Crippen LogP contribution in [0.4, 0.5) is 15.9 Å². The number of anilines is 2. The first kappa shape index (κ1) is 20.4. The topological polar surface area (TPSA) is 49.9 Å². The van der Waals surface area contributed by atoms with Crippen molar-refractivity contribution in [1.82, 2.24) is 0 Å². The van der Waals surface area contributed by atoms with E-state index in [-0.39, 0.29) is 10.8 Å². The van der Waals surface area contributed by atoms with Gasteiger partial charge in [0.1, 0.15) is 12.3 Å². The summed E-state index contributed by atoms with van der Waals surface area (Å²) in [6, 6.07) is 20.9. The molecule has 0 radical (unpaired) electrons. The fraction of sp³-hybridized carbons (Fsp3) is 0.0909. The first-order valence-electron chi connectivity index (χ1n) is 8.75. The number of halogens is 2. The molecule has 5 nitrogen and oxygen atoms in total. The molecule has 148 valence electrons. The molecule has 3 aromatic rings. The molecule has 7 heteroatoms. The zero-order valence-corrected chi connectivity index (χ0v) is 16.3. The SMILES string of the molecule is COc1ccc(C(=O)N(CC(=O)N(F)c2cccc(Cl)c2)c2ccccc2)cc1. The molecule has 3 aromatic carbocycles. The van der Waals surface area contributed by atoms with E-state index < -0.39 is 18.4 Å². The Morgan fingerprint density at radius 3 is 2.21 bits per heavy atom. The Kier molecular flexibility index (Phi) is 6.46. The number of carbonyl (C=O) groups excluding carboxylic acids is 2. The van der Waals surface area contributed by atoms with Gasteiger partial charge < -0.3 is 4.74 Å². The molecule has 0 aliphatic heterocycles. The normalized spacial score (nSPS) is 10.3. The largest absolute Gasteiger partial charge is 0.497 e. The van der Waals surface area contributed by atoms with Gasteiger partial charge in [0.2, 0.25) is 0 Å². The number of methoxy groups -OCH3 is 1. The molecule has 2 amide bonds. The predicted octanol–water partition coefficient (Wildman–Crippen LogP) is 4.91. The number of hydrogen-bond donors (Lipinski definition) is 0. The van der Waals surface area contributed by atoms with Gasteiger partial charge in [0.15, 0.2) is 0 Å². The van der Waals surface area contributed by atoms with Crippen molar-refractivity contribution in [3.63, 3.8) is 0 Å². The van der Waals surface area contributed by atoms with Gasteiger partial charge in [-0.05, 0) is 54.6 Å². The molecule has 0 aliphatic carbocycles. The molecule has 0 saturated heterocycles. The van der Waals surface area contributed by atoms with Crippen molar-refractivity contribution in [3.8, 4) is 5.75 Å². The van der Waals surface area contributed by atoms with Gasteiger partial charge in [-0.1, -0.05) is 40.3 Å². The lowest BCUT2D eigenvalue weighted by molar-refractivity contribution is -0.119. The number of carbonyl (C=O) groups is 2. The molecule has 0 spiro atoms. The molecule has 0 N–H and O–H groups in total. The molecule has 0 aromatic heterocycles. The maximum absolute atomic E-state index is 14.6. The minimum absolute atomic E-state index is 0.00703. The zero-order chi connectivity index (χ0) is 20.8. The van der Waals surface area contributed by atoms with Crippen LogP contribution in [-0.2, 0) is 4.79 Å². The third kappa shape index (κ3) is 4.92. The highest BCUT2D eigenvalue weighted by molar-refractivity contribution is 6.30. The predicted molar refractivity (Wildman–Crippen MR) is 111 cm³/mol. The summed E-state index contributed by atoms with van der Waals surface area (Å²) in [6.07, 6.45) is 0. The van der Waals surface area contributed by atoms with Gasteiger partial charge in [0.05, 0.1) is 12.8 Å². The standard InChI is InChI=1S/C22H18ClFN2O3/c1-29-20-12-10-16(11-13-20)22(28)25(18-7-3-2-4-8-18)15-21(27)26(24)19-9-5-6-17(23)14-19/h2-14H,15H2,1H3. The first-order valence-corrected chi connectivity index (χ1v) is 9.12. The van der Waals surface area contributed by atoms with E-state index in [1.54, 1.807) is 60.7 Å².